The summed E-state index contributed by atoms with van der Waals surface area (Å²) in [7, 11) is 0. The zero-order chi connectivity index (χ0) is 20.8. The molecule has 2 aromatic carbocycles. The van der Waals surface area contributed by atoms with Crippen LogP contribution in [0.3, 0.4) is 0 Å². The molecule has 0 bridgehead atoms. The lowest BCUT2D eigenvalue weighted by Gasteiger charge is -2.17. The van der Waals surface area contributed by atoms with Crippen molar-refractivity contribution in [1.29, 1.82) is 0 Å². The van der Waals surface area contributed by atoms with Gasteiger partial charge in [-0.25, -0.2) is 9.78 Å². The predicted octanol–water partition coefficient (Wildman–Crippen LogP) is 5.93. The number of rotatable bonds is 5. The van der Waals surface area contributed by atoms with Crippen molar-refractivity contribution in [3.05, 3.63) is 77.2 Å². The highest BCUT2D eigenvalue weighted by atomic mass is 16.2. The van der Waals surface area contributed by atoms with Crippen LogP contribution in [-0.4, -0.2) is 24.1 Å². The molecule has 8 heteroatoms. The second-order valence-corrected chi connectivity index (χ2v) is 6.97. The molecule has 0 radical (unpaired) electrons. The van der Waals surface area contributed by atoms with Gasteiger partial charge in [0, 0.05) is 40.6 Å². The van der Waals surface area contributed by atoms with Crippen LogP contribution in [0.25, 0.3) is 21.7 Å². The van der Waals surface area contributed by atoms with E-state index >= 15 is 0 Å². The number of anilines is 3. The van der Waals surface area contributed by atoms with E-state index in [1.807, 2.05) is 42.5 Å². The topological polar surface area (TPSA) is 106 Å². The maximum absolute atomic E-state index is 12.3. The fourth-order valence-electron chi connectivity index (χ4n) is 3.42. The second kappa shape index (κ2) is 8.98. The van der Waals surface area contributed by atoms with Gasteiger partial charge in [0.15, 0.2) is 0 Å². The van der Waals surface area contributed by atoms with Gasteiger partial charge in [-0.05, 0) is 54.8 Å². The van der Waals surface area contributed by atoms with Crippen LogP contribution >= 0.6 is 0 Å². The number of aromatic nitrogens is 1. The number of hydrogen-bond donors (Lipinski definition) is 2. The average molecular weight is 399 g/mol. The molecule has 1 aromatic heterocycles. The second-order valence-electron chi connectivity index (χ2n) is 6.97. The summed E-state index contributed by atoms with van der Waals surface area (Å²) in [5.41, 5.74) is 12.0. The van der Waals surface area contributed by atoms with Crippen LogP contribution in [0, 0.1) is 0 Å². The van der Waals surface area contributed by atoms with Crippen LogP contribution in [0.2, 0.25) is 0 Å². The Morgan fingerprint density at radius 1 is 0.967 bits per heavy atom. The Balaban J connectivity index is 1.45. The first kappa shape index (κ1) is 19.3. The summed E-state index contributed by atoms with van der Waals surface area (Å²) in [5, 5.41) is 9.11. The minimum atomic E-state index is -0.359. The lowest BCUT2D eigenvalue weighted by atomic mass is 10.1. The molecule has 30 heavy (non-hydrogen) atoms. The van der Waals surface area contributed by atoms with E-state index in [-0.39, 0.29) is 6.03 Å². The van der Waals surface area contributed by atoms with Gasteiger partial charge in [-0.15, -0.1) is 0 Å². The number of azide groups is 1. The van der Waals surface area contributed by atoms with Crippen molar-refractivity contribution in [1.82, 2.24) is 4.98 Å². The van der Waals surface area contributed by atoms with Crippen LogP contribution < -0.4 is 15.5 Å². The Hall–Kier alpha value is -4.03. The molecule has 4 rings (SSSR count). The lowest BCUT2D eigenvalue weighted by molar-refractivity contribution is 0.262. The summed E-state index contributed by atoms with van der Waals surface area (Å²) in [4.78, 5) is 22.2. The SMILES string of the molecule is [N-]=[N+]=Nc1ccc(NC(=O)Nc2cccc(-c3cccc(N4CCCC4)n3)c2)cc1. The lowest BCUT2D eigenvalue weighted by Crippen LogP contribution is -2.19. The number of carbonyl (C=O) groups is 1. The summed E-state index contributed by atoms with van der Waals surface area (Å²) >= 11 is 0. The maximum atomic E-state index is 12.3. The Bertz CT molecular complexity index is 1080. The first-order valence-electron chi connectivity index (χ1n) is 9.77. The highest BCUT2D eigenvalue weighted by Gasteiger charge is 2.14. The Morgan fingerprint density at radius 3 is 2.47 bits per heavy atom. The molecular weight excluding hydrogens is 378 g/mol. The predicted molar refractivity (Wildman–Crippen MR) is 119 cm³/mol. The molecule has 8 nitrogen and oxygen atoms in total. The molecule has 150 valence electrons. The number of benzene rings is 2. The standard InChI is InChI=1S/C22H21N7O/c23-28-27-18-11-9-17(10-12-18)24-22(30)25-19-6-3-5-16(15-19)20-7-4-8-21(26-20)29-13-1-2-14-29/h3-12,15H,1-2,13-14H2,(H2,24,25,30). The molecule has 1 fully saturated rings. The zero-order valence-corrected chi connectivity index (χ0v) is 16.3. The first-order chi connectivity index (χ1) is 14.7. The van der Waals surface area contributed by atoms with E-state index in [0.717, 1.165) is 30.2 Å². The zero-order valence-electron chi connectivity index (χ0n) is 16.3. The molecule has 0 spiro atoms. The van der Waals surface area contributed by atoms with Crippen molar-refractivity contribution in [2.24, 2.45) is 5.11 Å². The van der Waals surface area contributed by atoms with Crippen LogP contribution in [0.5, 0.6) is 0 Å². The fourth-order valence-corrected chi connectivity index (χ4v) is 3.42. The molecule has 0 aliphatic carbocycles. The van der Waals surface area contributed by atoms with E-state index in [1.165, 1.54) is 12.8 Å². The first-order valence-corrected chi connectivity index (χ1v) is 9.77. The number of urea groups is 1. The molecule has 0 atom stereocenters. The highest BCUT2D eigenvalue weighted by molar-refractivity contribution is 6.00. The summed E-state index contributed by atoms with van der Waals surface area (Å²) in [6.45, 7) is 2.09. The molecular formula is C22H21N7O. The Kier molecular flexibility index (Phi) is 5.78. The molecule has 2 amide bonds. The summed E-state index contributed by atoms with van der Waals surface area (Å²) < 4.78 is 0. The average Bonchev–Trinajstić information content (AvgIpc) is 3.31. The molecule has 1 aliphatic heterocycles. The summed E-state index contributed by atoms with van der Waals surface area (Å²) in [6.07, 6.45) is 2.41. The summed E-state index contributed by atoms with van der Waals surface area (Å²) in [5.74, 6) is 0.991. The van der Waals surface area contributed by atoms with Crippen LogP contribution in [-0.2, 0) is 0 Å². The van der Waals surface area contributed by atoms with E-state index in [0.29, 0.717) is 17.1 Å². The van der Waals surface area contributed by atoms with E-state index in [4.69, 9.17) is 10.5 Å². The van der Waals surface area contributed by atoms with Crippen LogP contribution in [0.4, 0.5) is 27.7 Å². The third-order valence-corrected chi connectivity index (χ3v) is 4.87. The van der Waals surface area contributed by atoms with Gasteiger partial charge in [0.05, 0.1) is 5.69 Å². The molecule has 0 unspecified atom stereocenters. The van der Waals surface area contributed by atoms with Crippen molar-refractivity contribution in [3.63, 3.8) is 0 Å². The van der Waals surface area contributed by atoms with Crippen molar-refractivity contribution in [3.8, 4) is 11.3 Å². The fraction of sp³-hybridized carbons (Fsp3) is 0.182. The van der Waals surface area contributed by atoms with Gasteiger partial charge in [-0.2, -0.15) is 0 Å². The number of nitrogens with zero attached hydrogens (tertiary/aromatic N) is 5. The minimum Gasteiger partial charge on any atom is -0.357 e. The van der Waals surface area contributed by atoms with Gasteiger partial charge in [-0.1, -0.05) is 35.4 Å². The van der Waals surface area contributed by atoms with E-state index in [1.54, 1.807) is 24.3 Å². The van der Waals surface area contributed by atoms with Crippen molar-refractivity contribution < 1.29 is 4.79 Å². The Morgan fingerprint density at radius 2 is 1.70 bits per heavy atom. The van der Waals surface area contributed by atoms with Crippen molar-refractivity contribution in [2.45, 2.75) is 12.8 Å². The Labute approximate surface area is 174 Å². The van der Waals surface area contributed by atoms with Gasteiger partial charge in [0.2, 0.25) is 0 Å². The van der Waals surface area contributed by atoms with Gasteiger partial charge in [-0.3, -0.25) is 0 Å². The number of pyridine rings is 1. The monoisotopic (exact) mass is 399 g/mol. The third-order valence-electron chi connectivity index (χ3n) is 4.87. The largest absolute Gasteiger partial charge is 0.357 e. The van der Waals surface area contributed by atoms with Crippen molar-refractivity contribution in [2.75, 3.05) is 28.6 Å². The smallest absolute Gasteiger partial charge is 0.323 e. The quantitative estimate of drug-likeness (QED) is 0.315. The maximum Gasteiger partial charge on any atom is 0.323 e. The molecule has 0 saturated carbocycles. The number of carbonyl (C=O) groups excluding carboxylic acids is 1. The van der Waals surface area contributed by atoms with E-state index in [9.17, 15) is 4.79 Å². The van der Waals surface area contributed by atoms with Gasteiger partial charge < -0.3 is 15.5 Å². The van der Waals surface area contributed by atoms with Gasteiger partial charge in [0.25, 0.3) is 0 Å². The molecule has 3 aromatic rings. The number of hydrogen-bond acceptors (Lipinski definition) is 4. The van der Waals surface area contributed by atoms with E-state index in [2.05, 4.69) is 25.6 Å². The van der Waals surface area contributed by atoms with Gasteiger partial charge >= 0.3 is 6.03 Å². The highest BCUT2D eigenvalue weighted by Crippen LogP contribution is 2.25. The van der Waals surface area contributed by atoms with Crippen LogP contribution in [0.1, 0.15) is 12.8 Å². The normalized spacial score (nSPS) is 12.9. The molecule has 1 saturated heterocycles. The molecule has 2 heterocycles. The molecule has 1 aliphatic rings. The minimum absolute atomic E-state index is 0.359. The van der Waals surface area contributed by atoms with Crippen molar-refractivity contribution >= 4 is 28.9 Å². The third kappa shape index (κ3) is 4.68. The van der Waals surface area contributed by atoms with Gasteiger partial charge in [0.1, 0.15) is 5.82 Å². The summed E-state index contributed by atoms with van der Waals surface area (Å²) in [6, 6.07) is 19.9. The number of amides is 2. The van der Waals surface area contributed by atoms with Crippen LogP contribution in [0.15, 0.2) is 71.8 Å². The van der Waals surface area contributed by atoms with E-state index < -0.39 is 0 Å². The molecule has 2 N–H and O–H groups in total. The number of nitrogens with one attached hydrogen (secondary N) is 2.